The molecular weight excluding hydrogens is 537 g/mol. The van der Waals surface area contributed by atoms with Gasteiger partial charge in [0.2, 0.25) is 5.91 Å². The van der Waals surface area contributed by atoms with E-state index in [0.29, 0.717) is 22.6 Å². The van der Waals surface area contributed by atoms with Crippen LogP contribution in [0, 0.1) is 5.92 Å². The van der Waals surface area contributed by atoms with Crippen molar-refractivity contribution in [2.75, 3.05) is 6.54 Å². The Morgan fingerprint density at radius 2 is 1.58 bits per heavy atom. The molecule has 2 aromatic carbocycles. The number of nitrogens with zero attached hydrogens (tertiary/aromatic N) is 1. The summed E-state index contributed by atoms with van der Waals surface area (Å²) in [5.41, 5.74) is 2.67. The van der Waals surface area contributed by atoms with Crippen LogP contribution in [0.3, 0.4) is 0 Å². The predicted molar refractivity (Wildman–Crippen MR) is 157 cm³/mol. The maximum Gasteiger partial charge on any atom is 0.335 e. The second-order valence-corrected chi connectivity index (χ2v) is 17.9. The molecule has 1 saturated heterocycles. The summed E-state index contributed by atoms with van der Waals surface area (Å²) >= 11 is 13.3. The van der Waals surface area contributed by atoms with Crippen molar-refractivity contribution in [1.29, 1.82) is 0 Å². The van der Waals surface area contributed by atoms with Gasteiger partial charge in [0.15, 0.2) is 8.32 Å². The fourth-order valence-electron chi connectivity index (χ4n) is 5.40. The fourth-order valence-corrected chi connectivity index (χ4v) is 7.46. The molecule has 0 bridgehead atoms. The maximum atomic E-state index is 13.4. The van der Waals surface area contributed by atoms with Crippen molar-refractivity contribution in [3.63, 3.8) is 0 Å². The minimum atomic E-state index is -1.79. The highest BCUT2D eigenvalue weighted by Gasteiger charge is 2.42. The lowest BCUT2D eigenvalue weighted by Crippen LogP contribution is -2.47. The van der Waals surface area contributed by atoms with Gasteiger partial charge in [-0.25, -0.2) is 4.79 Å². The van der Waals surface area contributed by atoms with Crippen LogP contribution in [0.5, 0.6) is 0 Å². The highest BCUT2D eigenvalue weighted by atomic mass is 35.5. The quantitative estimate of drug-likeness (QED) is 0.339. The Hall–Kier alpha value is -1.86. The third kappa shape index (κ3) is 6.30. The second kappa shape index (κ2) is 11.3. The van der Waals surface area contributed by atoms with E-state index in [9.17, 15) is 9.59 Å². The van der Waals surface area contributed by atoms with Crippen LogP contribution in [0.1, 0.15) is 68.8 Å². The molecule has 1 saturated carbocycles. The maximum absolute atomic E-state index is 13.4. The van der Waals surface area contributed by atoms with Gasteiger partial charge in [0, 0.05) is 34.7 Å². The molecule has 4 rings (SSSR count). The van der Waals surface area contributed by atoms with Gasteiger partial charge in [-0.2, -0.15) is 0 Å². The van der Waals surface area contributed by atoms with E-state index in [1.807, 2.05) is 12.1 Å². The Bertz CT molecular complexity index is 1160. The normalized spacial score (nSPS) is 22.7. The van der Waals surface area contributed by atoms with Gasteiger partial charge >= 0.3 is 5.97 Å². The number of likely N-dealkylation sites (tertiary alicyclic amines) is 1. The van der Waals surface area contributed by atoms with E-state index in [0.717, 1.165) is 55.3 Å². The number of halogens is 2. The topological polar surface area (TPSA) is 66.8 Å². The number of hydrogen-bond acceptors (Lipinski definition) is 3. The summed E-state index contributed by atoms with van der Waals surface area (Å²) in [6, 6.07) is 10.6. The summed E-state index contributed by atoms with van der Waals surface area (Å²) in [5, 5.41) is 10.4. The van der Waals surface area contributed by atoms with E-state index in [-0.39, 0.29) is 28.5 Å². The van der Waals surface area contributed by atoms with Crippen LogP contribution >= 0.6 is 23.2 Å². The number of carboxylic acids is 1. The number of rotatable bonds is 7. The number of carbonyl (C=O) groups is 2. The number of hydrogen-bond donors (Lipinski definition) is 1. The largest absolute Gasteiger partial charge is 0.478 e. The summed E-state index contributed by atoms with van der Waals surface area (Å²) in [4.78, 5) is 26.6. The van der Waals surface area contributed by atoms with Gasteiger partial charge in [-0.3, -0.25) is 4.79 Å². The van der Waals surface area contributed by atoms with Gasteiger partial charge in [-0.05, 0) is 97.6 Å². The zero-order chi connectivity index (χ0) is 27.8. The Balaban J connectivity index is 1.37. The van der Waals surface area contributed by atoms with Gasteiger partial charge in [-0.1, -0.05) is 56.1 Å². The smallest absolute Gasteiger partial charge is 0.335 e. The standard InChI is InChI=1S/C30H39Cl2NO4Si/c1-30(2,3)38(4,5)37-24-12-10-23(11-13-24)33-15-14-21(28(33)34)16-25-26(31)17-22(18-27(25)32)19-6-8-20(9-7-19)29(35)36/h6-9,17-18,21,23-24H,10-16H2,1-5H3,(H,35,36)/t21-,23-,24+/m0/s1. The van der Waals surface area contributed by atoms with E-state index in [2.05, 4.69) is 38.8 Å². The first-order chi connectivity index (χ1) is 17.8. The first-order valence-corrected chi connectivity index (χ1v) is 17.2. The van der Waals surface area contributed by atoms with Crippen LogP contribution in [0.15, 0.2) is 36.4 Å². The molecule has 1 heterocycles. The second-order valence-electron chi connectivity index (χ2n) is 12.3. The van der Waals surface area contributed by atoms with Gasteiger partial charge in [0.1, 0.15) is 0 Å². The molecule has 1 N–H and O–H groups in total. The number of carbonyl (C=O) groups excluding carboxylic acids is 1. The monoisotopic (exact) mass is 575 g/mol. The summed E-state index contributed by atoms with van der Waals surface area (Å²) in [6.45, 7) is 12.2. The third-order valence-electron chi connectivity index (χ3n) is 8.76. The number of carboxylic acid groups (broad SMARTS) is 1. The van der Waals surface area contributed by atoms with E-state index >= 15 is 0 Å². The molecule has 2 aliphatic rings. The predicted octanol–water partition coefficient (Wildman–Crippen LogP) is 8.08. The van der Waals surface area contributed by atoms with Crippen LogP contribution in [0.25, 0.3) is 11.1 Å². The molecular formula is C30H39Cl2NO4Si. The average Bonchev–Trinajstić information content (AvgIpc) is 3.20. The molecule has 1 aliphatic carbocycles. The van der Waals surface area contributed by atoms with Gasteiger partial charge < -0.3 is 14.4 Å². The van der Waals surface area contributed by atoms with Crippen LogP contribution in [-0.4, -0.2) is 48.9 Å². The highest BCUT2D eigenvalue weighted by molar-refractivity contribution is 6.74. The molecule has 2 aromatic rings. The van der Waals surface area contributed by atoms with E-state index in [1.54, 1.807) is 24.3 Å². The van der Waals surface area contributed by atoms with Crippen molar-refractivity contribution in [3.05, 3.63) is 57.6 Å². The van der Waals surface area contributed by atoms with Crippen molar-refractivity contribution in [3.8, 4) is 11.1 Å². The molecule has 38 heavy (non-hydrogen) atoms. The zero-order valence-corrected chi connectivity index (χ0v) is 25.5. The summed E-state index contributed by atoms with van der Waals surface area (Å²) in [6.07, 6.45) is 5.65. The molecule has 5 nitrogen and oxygen atoms in total. The van der Waals surface area contributed by atoms with E-state index < -0.39 is 14.3 Å². The minimum Gasteiger partial charge on any atom is -0.478 e. The Kier molecular flexibility index (Phi) is 8.68. The Labute approximate surface area is 237 Å². The molecule has 0 unspecified atom stereocenters. The Morgan fingerprint density at radius 1 is 1.00 bits per heavy atom. The van der Waals surface area contributed by atoms with Crippen molar-refractivity contribution in [1.82, 2.24) is 4.90 Å². The molecule has 206 valence electrons. The number of aromatic carboxylic acids is 1. The van der Waals surface area contributed by atoms with E-state index in [4.69, 9.17) is 32.7 Å². The lowest BCUT2D eigenvalue weighted by Gasteiger charge is -2.42. The number of benzene rings is 2. The zero-order valence-electron chi connectivity index (χ0n) is 23.0. The molecule has 0 aromatic heterocycles. The minimum absolute atomic E-state index is 0.119. The summed E-state index contributed by atoms with van der Waals surface area (Å²) < 4.78 is 6.65. The molecule has 0 spiro atoms. The average molecular weight is 577 g/mol. The molecule has 1 aliphatic heterocycles. The van der Waals surface area contributed by atoms with Gasteiger partial charge in [0.25, 0.3) is 0 Å². The lowest BCUT2D eigenvalue weighted by molar-refractivity contribution is -0.133. The third-order valence-corrected chi connectivity index (χ3v) is 14.0. The number of amides is 1. The summed E-state index contributed by atoms with van der Waals surface area (Å²) in [5.74, 6) is -0.878. The Morgan fingerprint density at radius 3 is 2.11 bits per heavy atom. The van der Waals surface area contributed by atoms with Crippen LogP contribution < -0.4 is 0 Å². The van der Waals surface area contributed by atoms with Crippen molar-refractivity contribution >= 4 is 43.4 Å². The molecule has 1 atom stereocenters. The first-order valence-electron chi connectivity index (χ1n) is 13.6. The van der Waals surface area contributed by atoms with E-state index in [1.165, 1.54) is 0 Å². The SMILES string of the molecule is CC(C)(C)[Si](C)(C)O[C@H]1CC[C@@H](N2CC[C@@H](Cc3c(Cl)cc(-c4ccc(C(=O)O)cc4)cc3Cl)C2=O)CC1. The summed E-state index contributed by atoms with van der Waals surface area (Å²) in [7, 11) is -1.79. The lowest BCUT2D eigenvalue weighted by atomic mass is 9.92. The van der Waals surface area contributed by atoms with Crippen molar-refractivity contribution in [2.24, 2.45) is 5.92 Å². The first kappa shape index (κ1) is 29.1. The molecule has 1 amide bonds. The van der Waals surface area contributed by atoms with Gasteiger partial charge in [0.05, 0.1) is 5.56 Å². The van der Waals surface area contributed by atoms with Crippen molar-refractivity contribution in [2.45, 2.75) is 89.6 Å². The fraction of sp³-hybridized carbons (Fsp3) is 0.533. The van der Waals surface area contributed by atoms with Crippen LogP contribution in [0.2, 0.25) is 28.2 Å². The highest BCUT2D eigenvalue weighted by Crippen LogP contribution is 2.40. The van der Waals surface area contributed by atoms with Crippen LogP contribution in [-0.2, 0) is 15.6 Å². The molecule has 2 fully saturated rings. The van der Waals surface area contributed by atoms with Crippen molar-refractivity contribution < 1.29 is 19.1 Å². The molecule has 8 heteroatoms. The molecule has 0 radical (unpaired) electrons. The van der Waals surface area contributed by atoms with Crippen LogP contribution in [0.4, 0.5) is 0 Å². The van der Waals surface area contributed by atoms with Gasteiger partial charge in [-0.15, -0.1) is 0 Å².